The predicted molar refractivity (Wildman–Crippen MR) is 91.9 cm³/mol. The second kappa shape index (κ2) is 8.07. The third-order valence-electron chi connectivity index (χ3n) is 3.29. The maximum Gasteiger partial charge on any atom is 0.338 e. The molecule has 1 fully saturated rings. The van der Waals surface area contributed by atoms with Crippen molar-refractivity contribution in [3.63, 3.8) is 0 Å². The van der Waals surface area contributed by atoms with Crippen molar-refractivity contribution < 1.29 is 24.2 Å². The lowest BCUT2D eigenvalue weighted by molar-refractivity contribution is -0.305. The molecule has 0 unspecified atom stereocenters. The highest BCUT2D eigenvalue weighted by atomic mass is 32.2. The van der Waals surface area contributed by atoms with Crippen molar-refractivity contribution in [2.24, 2.45) is 0 Å². The number of thioether (sulfide) groups is 1. The lowest BCUT2D eigenvalue weighted by Crippen LogP contribution is -2.30. The lowest BCUT2D eigenvalue weighted by atomic mass is 10.1. The number of amides is 1. The highest BCUT2D eigenvalue weighted by Gasteiger charge is 2.31. The molecular formula is C16H14NO5S2-. The summed E-state index contributed by atoms with van der Waals surface area (Å²) in [6.07, 6.45) is 1.71. The van der Waals surface area contributed by atoms with Gasteiger partial charge in [-0.25, -0.2) is 4.79 Å². The van der Waals surface area contributed by atoms with Gasteiger partial charge in [-0.3, -0.25) is 9.69 Å². The van der Waals surface area contributed by atoms with Crippen LogP contribution < -0.4 is 5.11 Å². The molecule has 0 bridgehead atoms. The van der Waals surface area contributed by atoms with Crippen LogP contribution in [0.25, 0.3) is 6.08 Å². The number of aliphatic carboxylic acids is 1. The molecule has 24 heavy (non-hydrogen) atoms. The van der Waals surface area contributed by atoms with Crippen LogP contribution in [0.4, 0.5) is 0 Å². The van der Waals surface area contributed by atoms with Gasteiger partial charge in [-0.05, 0) is 30.5 Å². The largest absolute Gasteiger partial charge is 0.550 e. The zero-order valence-electron chi connectivity index (χ0n) is 12.8. The first-order chi connectivity index (χ1) is 11.4. The van der Waals surface area contributed by atoms with Gasteiger partial charge in [-0.15, -0.1) is 0 Å². The maximum absolute atomic E-state index is 12.4. The van der Waals surface area contributed by atoms with Gasteiger partial charge in [-0.2, -0.15) is 0 Å². The van der Waals surface area contributed by atoms with Gasteiger partial charge in [0.25, 0.3) is 5.91 Å². The second-order valence-corrected chi connectivity index (χ2v) is 6.56. The number of hydrogen-bond donors (Lipinski definition) is 0. The molecule has 2 rings (SSSR count). The summed E-state index contributed by atoms with van der Waals surface area (Å²) in [4.78, 5) is 36.4. The van der Waals surface area contributed by atoms with Crippen LogP contribution >= 0.6 is 24.0 Å². The second-order valence-electron chi connectivity index (χ2n) is 4.89. The first kappa shape index (κ1) is 18.2. The molecule has 1 saturated heterocycles. The Bertz CT molecular complexity index is 729. The Labute approximate surface area is 148 Å². The minimum Gasteiger partial charge on any atom is -0.550 e. The van der Waals surface area contributed by atoms with Crippen LogP contribution in [0.15, 0.2) is 29.2 Å². The summed E-state index contributed by atoms with van der Waals surface area (Å²) < 4.78 is 5.09. The van der Waals surface area contributed by atoms with Crippen LogP contribution in [-0.4, -0.2) is 40.7 Å². The summed E-state index contributed by atoms with van der Waals surface area (Å²) in [7, 11) is 1.29. The molecule has 1 aromatic rings. The standard InChI is InChI=1S/C16H15NO5S2/c1-22-15(21)11-6-3-2-5-10(11)9-12-14(20)17(16(23)24-12)8-4-7-13(18)19/h2-3,5-6,9H,4,7-8H2,1H3,(H,18,19)/p-1/b12-9-. The highest BCUT2D eigenvalue weighted by Crippen LogP contribution is 2.33. The molecule has 0 radical (unpaired) electrons. The summed E-state index contributed by atoms with van der Waals surface area (Å²) in [5, 5.41) is 10.5. The number of thiocarbonyl (C=S) groups is 1. The molecule has 6 nitrogen and oxygen atoms in total. The van der Waals surface area contributed by atoms with E-state index in [-0.39, 0.29) is 25.3 Å². The SMILES string of the molecule is COC(=O)c1ccccc1/C=C1\SC(=S)N(CCCC(=O)[O-])C1=O. The Hall–Kier alpha value is -2.19. The Morgan fingerprint density at radius 1 is 1.38 bits per heavy atom. The van der Waals surface area contributed by atoms with Crippen molar-refractivity contribution in [1.82, 2.24) is 4.90 Å². The average molecular weight is 364 g/mol. The molecule has 126 valence electrons. The van der Waals surface area contributed by atoms with E-state index in [0.717, 1.165) is 11.8 Å². The van der Waals surface area contributed by atoms with E-state index in [9.17, 15) is 19.5 Å². The Morgan fingerprint density at radius 2 is 2.08 bits per heavy atom. The van der Waals surface area contributed by atoms with Gasteiger partial charge in [0.2, 0.25) is 0 Å². The van der Waals surface area contributed by atoms with Gasteiger partial charge >= 0.3 is 5.97 Å². The van der Waals surface area contributed by atoms with Crippen LogP contribution in [0.3, 0.4) is 0 Å². The number of ether oxygens (including phenoxy) is 1. The van der Waals surface area contributed by atoms with E-state index >= 15 is 0 Å². The van der Waals surface area contributed by atoms with Gasteiger partial charge in [0.1, 0.15) is 4.32 Å². The van der Waals surface area contributed by atoms with Crippen LogP contribution in [-0.2, 0) is 14.3 Å². The van der Waals surface area contributed by atoms with Crippen LogP contribution in [0.5, 0.6) is 0 Å². The summed E-state index contributed by atoms with van der Waals surface area (Å²) >= 11 is 6.29. The van der Waals surface area contributed by atoms with Crippen LogP contribution in [0.2, 0.25) is 0 Å². The zero-order chi connectivity index (χ0) is 17.7. The number of carbonyl (C=O) groups excluding carboxylic acids is 3. The molecule has 1 heterocycles. The van der Waals surface area contributed by atoms with Crippen molar-refractivity contribution in [1.29, 1.82) is 0 Å². The number of rotatable bonds is 6. The zero-order valence-corrected chi connectivity index (χ0v) is 14.4. The predicted octanol–water partition coefficient (Wildman–Crippen LogP) is 1.20. The Balaban J connectivity index is 2.20. The average Bonchev–Trinajstić information content (AvgIpc) is 2.81. The van der Waals surface area contributed by atoms with Gasteiger partial charge in [0.15, 0.2) is 0 Å². The van der Waals surface area contributed by atoms with Crippen molar-refractivity contribution in [3.05, 3.63) is 40.3 Å². The molecule has 1 amide bonds. The first-order valence-electron chi connectivity index (χ1n) is 7.06. The minimum atomic E-state index is -1.16. The Kier molecular flexibility index (Phi) is 6.10. The minimum absolute atomic E-state index is 0.138. The summed E-state index contributed by atoms with van der Waals surface area (Å²) in [6.45, 7) is 0.217. The van der Waals surface area contributed by atoms with Crippen molar-refractivity contribution in [2.75, 3.05) is 13.7 Å². The molecular weight excluding hydrogens is 350 g/mol. The Morgan fingerprint density at radius 3 is 2.75 bits per heavy atom. The monoisotopic (exact) mass is 364 g/mol. The molecule has 8 heteroatoms. The van der Waals surface area contributed by atoms with E-state index in [1.54, 1.807) is 30.3 Å². The number of benzene rings is 1. The van der Waals surface area contributed by atoms with Gasteiger partial charge < -0.3 is 14.6 Å². The molecule has 0 spiro atoms. The fourth-order valence-electron chi connectivity index (χ4n) is 2.13. The molecule has 0 N–H and O–H groups in total. The summed E-state index contributed by atoms with van der Waals surface area (Å²) in [5.41, 5.74) is 0.904. The number of carbonyl (C=O) groups is 3. The van der Waals surface area contributed by atoms with E-state index in [0.29, 0.717) is 20.4 Å². The molecule has 0 aromatic heterocycles. The lowest BCUT2D eigenvalue weighted by Gasteiger charge is -2.14. The third-order valence-corrected chi connectivity index (χ3v) is 4.67. The van der Waals surface area contributed by atoms with E-state index < -0.39 is 11.9 Å². The number of esters is 1. The molecule has 0 saturated carbocycles. The molecule has 1 aliphatic rings. The molecule has 1 aromatic carbocycles. The van der Waals surface area contributed by atoms with E-state index in [2.05, 4.69) is 0 Å². The van der Waals surface area contributed by atoms with Crippen LogP contribution in [0, 0.1) is 0 Å². The fourth-order valence-corrected chi connectivity index (χ4v) is 3.43. The highest BCUT2D eigenvalue weighted by molar-refractivity contribution is 8.26. The summed E-state index contributed by atoms with van der Waals surface area (Å²) in [6, 6.07) is 6.76. The third kappa shape index (κ3) is 4.21. The van der Waals surface area contributed by atoms with Crippen molar-refractivity contribution in [3.8, 4) is 0 Å². The van der Waals surface area contributed by atoms with E-state index in [1.165, 1.54) is 12.0 Å². The van der Waals surface area contributed by atoms with Gasteiger partial charge in [0.05, 0.1) is 17.6 Å². The molecule has 0 aliphatic carbocycles. The topological polar surface area (TPSA) is 86.7 Å². The van der Waals surface area contributed by atoms with Gasteiger partial charge in [0, 0.05) is 12.5 Å². The number of methoxy groups -OCH3 is 1. The van der Waals surface area contributed by atoms with Crippen molar-refractivity contribution >= 4 is 52.2 Å². The van der Waals surface area contributed by atoms with Crippen molar-refractivity contribution in [2.45, 2.75) is 12.8 Å². The molecule has 0 atom stereocenters. The normalized spacial score (nSPS) is 15.9. The van der Waals surface area contributed by atoms with E-state index in [4.69, 9.17) is 17.0 Å². The number of carboxylic acids is 1. The number of carboxylic acid groups (broad SMARTS) is 1. The smallest absolute Gasteiger partial charge is 0.338 e. The fraction of sp³-hybridized carbons (Fsp3) is 0.250. The maximum atomic E-state index is 12.4. The number of hydrogen-bond acceptors (Lipinski definition) is 7. The number of nitrogens with zero attached hydrogens (tertiary/aromatic N) is 1. The van der Waals surface area contributed by atoms with E-state index in [1.807, 2.05) is 0 Å². The summed E-state index contributed by atoms with van der Waals surface area (Å²) in [5.74, 6) is -1.96. The molecule has 1 aliphatic heterocycles. The van der Waals surface area contributed by atoms with Crippen LogP contribution in [0.1, 0.15) is 28.8 Å². The first-order valence-corrected chi connectivity index (χ1v) is 8.29. The quantitative estimate of drug-likeness (QED) is 0.426. The van der Waals surface area contributed by atoms with Gasteiger partial charge in [-0.1, -0.05) is 42.2 Å².